The van der Waals surface area contributed by atoms with E-state index in [0.29, 0.717) is 5.69 Å². The van der Waals surface area contributed by atoms with Gasteiger partial charge in [0.1, 0.15) is 11.6 Å². The number of phenols is 1. The molecule has 2 aromatic carbocycles. The molecule has 3 nitrogen and oxygen atoms in total. The monoisotopic (exact) mass is 343 g/mol. The molecular formula is C13H8BrClFNO2. The largest absolute Gasteiger partial charge is 0.506 e. The van der Waals surface area contributed by atoms with E-state index in [0.717, 1.165) is 6.07 Å². The molecule has 98 valence electrons. The van der Waals surface area contributed by atoms with Crippen LogP contribution in [0.1, 0.15) is 10.4 Å². The maximum atomic E-state index is 13.3. The molecule has 2 rings (SSSR count). The lowest BCUT2D eigenvalue weighted by atomic mass is 10.2. The summed E-state index contributed by atoms with van der Waals surface area (Å²) < 4.78 is 13.6. The highest BCUT2D eigenvalue weighted by atomic mass is 79.9. The quantitative estimate of drug-likeness (QED) is 0.802. The molecule has 0 radical (unpaired) electrons. The first kappa shape index (κ1) is 13.8. The number of carbonyl (C=O) groups is 1. The van der Waals surface area contributed by atoms with Crippen molar-refractivity contribution >= 4 is 39.1 Å². The van der Waals surface area contributed by atoms with Crippen LogP contribution in [0.4, 0.5) is 10.1 Å². The number of nitrogens with one attached hydrogen (secondary N) is 1. The summed E-state index contributed by atoms with van der Waals surface area (Å²) in [6.45, 7) is 0. The number of benzene rings is 2. The van der Waals surface area contributed by atoms with Gasteiger partial charge in [0.15, 0.2) is 0 Å². The molecule has 2 N–H and O–H groups in total. The standard InChI is InChI=1S/C13H8BrClFNO2/c14-9-3-1-7(5-11(9)16)13(19)17-8-2-4-12(18)10(15)6-8/h1-6,18H,(H,17,19). The summed E-state index contributed by atoms with van der Waals surface area (Å²) in [5.41, 5.74) is 0.598. The second-order valence-corrected chi connectivity index (χ2v) is 5.01. The Morgan fingerprint density at radius 1 is 1.26 bits per heavy atom. The van der Waals surface area contributed by atoms with Gasteiger partial charge in [0.05, 0.1) is 9.50 Å². The highest BCUT2D eigenvalue weighted by molar-refractivity contribution is 9.10. The van der Waals surface area contributed by atoms with E-state index in [1.807, 2.05) is 0 Å². The minimum Gasteiger partial charge on any atom is -0.506 e. The number of anilines is 1. The van der Waals surface area contributed by atoms with Gasteiger partial charge in [-0.15, -0.1) is 0 Å². The second-order valence-electron chi connectivity index (χ2n) is 3.75. The zero-order chi connectivity index (χ0) is 14.0. The van der Waals surface area contributed by atoms with Crippen LogP contribution in [0.3, 0.4) is 0 Å². The summed E-state index contributed by atoms with van der Waals surface area (Å²) in [6, 6.07) is 8.33. The average molecular weight is 345 g/mol. The lowest BCUT2D eigenvalue weighted by Crippen LogP contribution is -2.12. The first-order valence-corrected chi connectivity index (χ1v) is 6.39. The van der Waals surface area contributed by atoms with Crippen molar-refractivity contribution in [1.29, 1.82) is 0 Å². The summed E-state index contributed by atoms with van der Waals surface area (Å²) in [5, 5.41) is 11.9. The molecule has 19 heavy (non-hydrogen) atoms. The fourth-order valence-electron chi connectivity index (χ4n) is 1.43. The van der Waals surface area contributed by atoms with Crippen molar-refractivity contribution in [2.75, 3.05) is 5.32 Å². The zero-order valence-electron chi connectivity index (χ0n) is 9.45. The van der Waals surface area contributed by atoms with E-state index in [9.17, 15) is 14.3 Å². The van der Waals surface area contributed by atoms with E-state index in [1.165, 1.54) is 30.3 Å². The number of phenolic OH excluding ortho intramolecular Hbond substituents is 1. The number of hydrogen-bond donors (Lipinski definition) is 2. The molecule has 0 aliphatic rings. The topological polar surface area (TPSA) is 49.3 Å². The Morgan fingerprint density at radius 2 is 2.00 bits per heavy atom. The Hall–Kier alpha value is -1.59. The van der Waals surface area contributed by atoms with Crippen LogP contribution in [0.2, 0.25) is 5.02 Å². The molecule has 0 spiro atoms. The van der Waals surface area contributed by atoms with Crippen molar-refractivity contribution in [2.45, 2.75) is 0 Å². The third-order valence-electron chi connectivity index (χ3n) is 2.39. The molecule has 0 bridgehead atoms. The first-order chi connectivity index (χ1) is 8.97. The summed E-state index contributed by atoms with van der Waals surface area (Å²) in [6.07, 6.45) is 0. The van der Waals surface area contributed by atoms with Gasteiger partial charge in [-0.1, -0.05) is 11.6 Å². The molecule has 0 atom stereocenters. The van der Waals surface area contributed by atoms with Gasteiger partial charge in [-0.25, -0.2) is 4.39 Å². The Labute approximate surface area is 122 Å². The molecule has 6 heteroatoms. The predicted molar refractivity (Wildman–Crippen MR) is 75.2 cm³/mol. The van der Waals surface area contributed by atoms with E-state index < -0.39 is 11.7 Å². The SMILES string of the molecule is O=C(Nc1ccc(O)c(Cl)c1)c1ccc(Br)c(F)c1. The Bertz CT molecular complexity index is 649. The van der Waals surface area contributed by atoms with E-state index in [-0.39, 0.29) is 20.8 Å². The molecule has 0 unspecified atom stereocenters. The van der Waals surface area contributed by atoms with Crippen LogP contribution in [0.15, 0.2) is 40.9 Å². The molecule has 1 amide bonds. The molecule has 0 aromatic heterocycles. The third kappa shape index (κ3) is 3.24. The van der Waals surface area contributed by atoms with Gasteiger partial charge in [-0.3, -0.25) is 4.79 Å². The van der Waals surface area contributed by atoms with Crippen molar-refractivity contribution < 1.29 is 14.3 Å². The van der Waals surface area contributed by atoms with Crippen LogP contribution in [-0.2, 0) is 0 Å². The maximum absolute atomic E-state index is 13.3. The van der Waals surface area contributed by atoms with Crippen LogP contribution in [0.5, 0.6) is 5.75 Å². The van der Waals surface area contributed by atoms with Crippen LogP contribution < -0.4 is 5.32 Å². The van der Waals surface area contributed by atoms with Gasteiger partial charge >= 0.3 is 0 Å². The van der Waals surface area contributed by atoms with Crippen molar-refractivity contribution in [3.63, 3.8) is 0 Å². The van der Waals surface area contributed by atoms with Crippen molar-refractivity contribution in [2.24, 2.45) is 0 Å². The molecule has 0 saturated heterocycles. The molecule has 0 fully saturated rings. The third-order valence-corrected chi connectivity index (χ3v) is 3.33. The van der Waals surface area contributed by atoms with E-state index in [1.54, 1.807) is 0 Å². The normalized spacial score (nSPS) is 10.3. The molecule has 0 saturated carbocycles. The fourth-order valence-corrected chi connectivity index (χ4v) is 1.85. The van der Waals surface area contributed by atoms with E-state index >= 15 is 0 Å². The van der Waals surface area contributed by atoms with Crippen LogP contribution in [0, 0.1) is 5.82 Å². The lowest BCUT2D eigenvalue weighted by molar-refractivity contribution is 0.102. The van der Waals surface area contributed by atoms with Crippen molar-refractivity contribution in [3.05, 3.63) is 57.3 Å². The highest BCUT2D eigenvalue weighted by Gasteiger charge is 2.10. The summed E-state index contributed by atoms with van der Waals surface area (Å²) >= 11 is 8.73. The van der Waals surface area contributed by atoms with Crippen LogP contribution in [-0.4, -0.2) is 11.0 Å². The van der Waals surface area contributed by atoms with Gasteiger partial charge in [0, 0.05) is 11.3 Å². The fraction of sp³-hybridized carbons (Fsp3) is 0. The lowest BCUT2D eigenvalue weighted by Gasteiger charge is -2.07. The maximum Gasteiger partial charge on any atom is 0.255 e. The Kier molecular flexibility index (Phi) is 4.07. The number of hydrogen-bond acceptors (Lipinski definition) is 2. The summed E-state index contributed by atoms with van der Waals surface area (Å²) in [4.78, 5) is 11.9. The van der Waals surface area contributed by atoms with E-state index in [2.05, 4.69) is 21.2 Å². The van der Waals surface area contributed by atoms with Crippen molar-refractivity contribution in [1.82, 2.24) is 0 Å². The number of carbonyl (C=O) groups excluding carboxylic acids is 1. The van der Waals surface area contributed by atoms with Crippen LogP contribution in [0.25, 0.3) is 0 Å². The minimum atomic E-state index is -0.517. The Morgan fingerprint density at radius 3 is 2.63 bits per heavy atom. The van der Waals surface area contributed by atoms with Gasteiger partial charge in [0.2, 0.25) is 0 Å². The van der Waals surface area contributed by atoms with E-state index in [4.69, 9.17) is 11.6 Å². The van der Waals surface area contributed by atoms with Crippen molar-refractivity contribution in [3.8, 4) is 5.75 Å². The number of aromatic hydroxyl groups is 1. The van der Waals surface area contributed by atoms with Gasteiger partial charge < -0.3 is 10.4 Å². The average Bonchev–Trinajstić information content (AvgIpc) is 2.37. The molecule has 0 aliphatic carbocycles. The van der Waals surface area contributed by atoms with Gasteiger partial charge in [0.25, 0.3) is 5.91 Å². The number of halogens is 3. The molecule has 2 aromatic rings. The first-order valence-electron chi connectivity index (χ1n) is 5.22. The van der Waals surface area contributed by atoms with Gasteiger partial charge in [-0.2, -0.15) is 0 Å². The predicted octanol–water partition coefficient (Wildman–Crippen LogP) is 4.20. The zero-order valence-corrected chi connectivity index (χ0v) is 11.8. The molecule has 0 aliphatic heterocycles. The highest BCUT2D eigenvalue weighted by Crippen LogP contribution is 2.26. The Balaban J connectivity index is 2.20. The molecular weight excluding hydrogens is 337 g/mol. The van der Waals surface area contributed by atoms with Crippen LogP contribution >= 0.6 is 27.5 Å². The summed E-state index contributed by atoms with van der Waals surface area (Å²) in [5.74, 6) is -1.06. The minimum absolute atomic E-state index is 0.0747. The molecule has 0 heterocycles. The summed E-state index contributed by atoms with van der Waals surface area (Å²) in [7, 11) is 0. The number of rotatable bonds is 2. The second kappa shape index (κ2) is 5.59. The number of amides is 1. The van der Waals surface area contributed by atoms with Gasteiger partial charge in [-0.05, 0) is 52.3 Å². The smallest absolute Gasteiger partial charge is 0.255 e.